The fourth-order valence-corrected chi connectivity index (χ4v) is 2.66. The summed E-state index contributed by atoms with van der Waals surface area (Å²) in [5.74, 6) is -1.32. The normalized spacial score (nSPS) is 23.0. The van der Waals surface area contributed by atoms with Gasteiger partial charge in [-0.1, -0.05) is 0 Å². The zero-order valence-corrected chi connectivity index (χ0v) is 11.2. The largest absolute Gasteiger partial charge is 0.337 e. The summed E-state index contributed by atoms with van der Waals surface area (Å²) in [5.41, 5.74) is 0. The summed E-state index contributed by atoms with van der Waals surface area (Å²) in [4.78, 5) is 61.3. The number of imide groups is 2. The van der Waals surface area contributed by atoms with Crippen LogP contribution in [0.5, 0.6) is 0 Å². The summed E-state index contributed by atoms with van der Waals surface area (Å²) in [5, 5.41) is 2.42. The van der Waals surface area contributed by atoms with E-state index in [1.807, 2.05) is 0 Å². The zero-order valence-electron chi connectivity index (χ0n) is 11.2. The van der Waals surface area contributed by atoms with E-state index in [2.05, 4.69) is 5.32 Å². The van der Waals surface area contributed by atoms with Crippen LogP contribution in [-0.2, 0) is 19.2 Å². The van der Waals surface area contributed by atoms with Crippen molar-refractivity contribution in [2.45, 2.75) is 18.9 Å². The van der Waals surface area contributed by atoms with Gasteiger partial charge in [-0.05, 0) is 0 Å². The molecule has 21 heavy (non-hydrogen) atoms. The van der Waals surface area contributed by atoms with Crippen molar-refractivity contribution in [3.8, 4) is 0 Å². The Morgan fingerprint density at radius 2 is 1.67 bits per heavy atom. The molecule has 3 fully saturated rings. The van der Waals surface area contributed by atoms with E-state index < -0.39 is 6.03 Å². The summed E-state index contributed by atoms with van der Waals surface area (Å²) < 4.78 is 0. The Morgan fingerprint density at radius 3 is 2.19 bits per heavy atom. The second kappa shape index (κ2) is 4.83. The van der Waals surface area contributed by atoms with Gasteiger partial charge in [-0.2, -0.15) is 0 Å². The predicted octanol–water partition coefficient (Wildman–Crippen LogP) is -2.10. The highest BCUT2D eigenvalue weighted by molar-refractivity contribution is 6.05. The molecule has 0 atom stereocenters. The fourth-order valence-electron chi connectivity index (χ4n) is 2.66. The first-order valence-corrected chi connectivity index (χ1v) is 6.68. The monoisotopic (exact) mass is 294 g/mol. The number of urea groups is 1. The van der Waals surface area contributed by atoms with Gasteiger partial charge in [-0.25, -0.2) is 4.79 Å². The zero-order chi connectivity index (χ0) is 15.1. The van der Waals surface area contributed by atoms with E-state index in [1.54, 1.807) is 0 Å². The highest BCUT2D eigenvalue weighted by Gasteiger charge is 2.43. The van der Waals surface area contributed by atoms with Crippen molar-refractivity contribution >= 4 is 29.7 Å². The first-order chi connectivity index (χ1) is 9.97. The Kier molecular flexibility index (Phi) is 3.11. The van der Waals surface area contributed by atoms with Crippen LogP contribution in [0.25, 0.3) is 0 Å². The number of hydrogen-bond acceptors (Lipinski definition) is 5. The summed E-state index contributed by atoms with van der Waals surface area (Å²) in [6.07, 6.45) is 0.300. The number of hydrogen-bond donors (Lipinski definition) is 1. The van der Waals surface area contributed by atoms with Crippen molar-refractivity contribution in [3.05, 3.63) is 0 Å². The molecule has 6 amide bonds. The lowest BCUT2D eigenvalue weighted by atomic mass is 10.1. The van der Waals surface area contributed by atoms with E-state index in [0.717, 1.165) is 9.80 Å². The summed E-state index contributed by atoms with van der Waals surface area (Å²) in [6, 6.07) is -0.768. The van der Waals surface area contributed by atoms with Crippen LogP contribution in [-0.4, -0.2) is 76.6 Å². The first-order valence-electron chi connectivity index (χ1n) is 6.68. The molecule has 0 aromatic carbocycles. The second-order valence-corrected chi connectivity index (χ2v) is 5.25. The molecule has 3 aliphatic heterocycles. The lowest BCUT2D eigenvalue weighted by molar-refractivity contribution is -0.149. The number of likely N-dealkylation sites (tertiary alicyclic amines) is 2. The third kappa shape index (κ3) is 2.24. The summed E-state index contributed by atoms with van der Waals surface area (Å²) in [6.45, 7) is 0.215. The van der Waals surface area contributed by atoms with Crippen molar-refractivity contribution in [2.24, 2.45) is 0 Å². The van der Waals surface area contributed by atoms with Gasteiger partial charge in [0.2, 0.25) is 23.6 Å². The maximum atomic E-state index is 12.0. The first kappa shape index (κ1) is 13.5. The van der Waals surface area contributed by atoms with E-state index in [9.17, 15) is 24.0 Å². The van der Waals surface area contributed by atoms with Gasteiger partial charge in [0, 0.05) is 25.9 Å². The molecule has 3 saturated heterocycles. The van der Waals surface area contributed by atoms with Crippen molar-refractivity contribution in [1.29, 1.82) is 0 Å². The molecular weight excluding hydrogens is 280 g/mol. The predicted molar refractivity (Wildman–Crippen MR) is 66.6 cm³/mol. The molecular formula is C12H14N4O5. The van der Waals surface area contributed by atoms with Crippen LogP contribution in [0.4, 0.5) is 4.79 Å². The maximum absolute atomic E-state index is 12.0. The number of nitrogens with one attached hydrogen (secondary N) is 1. The van der Waals surface area contributed by atoms with E-state index in [0.29, 0.717) is 0 Å². The number of nitrogens with zero attached hydrogens (tertiary/aromatic N) is 3. The highest BCUT2D eigenvalue weighted by atomic mass is 16.2. The lowest BCUT2D eigenvalue weighted by Crippen LogP contribution is -2.63. The van der Waals surface area contributed by atoms with Crippen LogP contribution >= 0.6 is 0 Å². The molecule has 0 aliphatic carbocycles. The van der Waals surface area contributed by atoms with Gasteiger partial charge in [0.15, 0.2) is 0 Å². The molecule has 0 saturated carbocycles. The Labute approximate surface area is 119 Å². The molecule has 9 heteroatoms. The Hall–Kier alpha value is -2.45. The molecule has 1 N–H and O–H groups in total. The number of rotatable bonds is 3. The molecule has 0 spiro atoms. The van der Waals surface area contributed by atoms with Gasteiger partial charge in [-0.15, -0.1) is 0 Å². The third-order valence-corrected chi connectivity index (χ3v) is 3.91. The second-order valence-electron chi connectivity index (χ2n) is 5.25. The van der Waals surface area contributed by atoms with Gasteiger partial charge in [0.25, 0.3) is 0 Å². The number of carbonyl (C=O) groups excluding carboxylic acids is 5. The average Bonchev–Trinajstić information content (AvgIpc) is 2.87. The maximum Gasteiger partial charge on any atom is 0.324 e. The SMILES string of the molecule is O=C(CN1C(=O)CCC1=O)N1CC(N2C(=O)CNC2=O)C1. The molecule has 3 heterocycles. The van der Waals surface area contributed by atoms with Gasteiger partial charge < -0.3 is 10.2 Å². The smallest absolute Gasteiger partial charge is 0.324 e. The van der Waals surface area contributed by atoms with Gasteiger partial charge >= 0.3 is 6.03 Å². The van der Waals surface area contributed by atoms with E-state index in [-0.39, 0.29) is 68.7 Å². The summed E-state index contributed by atoms with van der Waals surface area (Å²) in [7, 11) is 0. The van der Waals surface area contributed by atoms with Crippen LogP contribution in [0.2, 0.25) is 0 Å². The topological polar surface area (TPSA) is 107 Å². The van der Waals surface area contributed by atoms with Crippen molar-refractivity contribution < 1.29 is 24.0 Å². The minimum atomic E-state index is -0.443. The fraction of sp³-hybridized carbons (Fsp3) is 0.583. The minimum absolute atomic E-state index is 0.0138. The van der Waals surface area contributed by atoms with Crippen molar-refractivity contribution in [1.82, 2.24) is 20.0 Å². The standard InChI is InChI=1S/C12H14N4O5/c17-8-1-2-9(18)15(8)6-11(20)14-4-7(5-14)16-10(19)3-13-12(16)21/h7H,1-6H2,(H,13,21). The van der Waals surface area contributed by atoms with Crippen LogP contribution < -0.4 is 5.32 Å². The molecule has 0 aromatic rings. The Balaban J connectivity index is 1.53. The van der Waals surface area contributed by atoms with E-state index in [1.165, 1.54) is 4.90 Å². The number of carbonyl (C=O) groups is 5. The number of amides is 6. The average molecular weight is 294 g/mol. The van der Waals surface area contributed by atoms with Gasteiger partial charge in [0.1, 0.15) is 6.54 Å². The molecule has 0 unspecified atom stereocenters. The molecule has 0 aromatic heterocycles. The van der Waals surface area contributed by atoms with Crippen molar-refractivity contribution in [3.63, 3.8) is 0 Å². The molecule has 9 nitrogen and oxygen atoms in total. The summed E-state index contributed by atoms with van der Waals surface area (Å²) >= 11 is 0. The van der Waals surface area contributed by atoms with Gasteiger partial charge in [0.05, 0.1) is 12.6 Å². The van der Waals surface area contributed by atoms with E-state index in [4.69, 9.17) is 0 Å². The van der Waals surface area contributed by atoms with Gasteiger partial charge in [-0.3, -0.25) is 29.0 Å². The van der Waals surface area contributed by atoms with Crippen LogP contribution in [0, 0.1) is 0 Å². The molecule has 112 valence electrons. The third-order valence-electron chi connectivity index (χ3n) is 3.91. The molecule has 3 rings (SSSR count). The Bertz CT molecular complexity index is 522. The van der Waals surface area contributed by atoms with Crippen molar-refractivity contribution in [2.75, 3.05) is 26.2 Å². The molecule has 0 bridgehead atoms. The quantitative estimate of drug-likeness (QED) is 0.474. The van der Waals surface area contributed by atoms with Crippen LogP contribution in [0.1, 0.15) is 12.8 Å². The highest BCUT2D eigenvalue weighted by Crippen LogP contribution is 2.19. The van der Waals surface area contributed by atoms with E-state index >= 15 is 0 Å². The lowest BCUT2D eigenvalue weighted by Gasteiger charge is -2.42. The molecule has 0 radical (unpaired) electrons. The minimum Gasteiger partial charge on any atom is -0.337 e. The molecule has 3 aliphatic rings. The van der Waals surface area contributed by atoms with Crippen LogP contribution in [0.3, 0.4) is 0 Å². The van der Waals surface area contributed by atoms with Crippen LogP contribution in [0.15, 0.2) is 0 Å². The Morgan fingerprint density at radius 1 is 1.05 bits per heavy atom.